The van der Waals surface area contributed by atoms with E-state index in [9.17, 15) is 10.1 Å². The van der Waals surface area contributed by atoms with Gasteiger partial charge in [0.05, 0.1) is 24.2 Å². The van der Waals surface area contributed by atoms with Crippen LogP contribution in [-0.4, -0.2) is 13.1 Å². The van der Waals surface area contributed by atoms with Crippen LogP contribution in [0, 0.1) is 11.3 Å². The third-order valence-corrected chi connectivity index (χ3v) is 5.09. The summed E-state index contributed by atoms with van der Waals surface area (Å²) in [5.41, 5.74) is 1.64. The van der Waals surface area contributed by atoms with Crippen molar-refractivity contribution in [2.24, 2.45) is 0 Å². The van der Waals surface area contributed by atoms with Gasteiger partial charge in [-0.3, -0.25) is 0 Å². The molecule has 0 amide bonds. The third kappa shape index (κ3) is 2.75. The molecule has 116 valence electrons. The highest BCUT2D eigenvalue weighted by Crippen LogP contribution is 2.61. The number of nitriles is 1. The molecule has 0 spiro atoms. The summed E-state index contributed by atoms with van der Waals surface area (Å²) in [6.45, 7) is 0. The topological polar surface area (TPSA) is 50.1 Å². The van der Waals surface area contributed by atoms with E-state index in [0.717, 1.165) is 15.6 Å². The highest BCUT2D eigenvalue weighted by atomic mass is 79.9. The first kappa shape index (κ1) is 16.0. The van der Waals surface area contributed by atoms with Gasteiger partial charge in [0.25, 0.3) is 0 Å². The van der Waals surface area contributed by atoms with Gasteiger partial charge in [-0.05, 0) is 41.8 Å². The van der Waals surface area contributed by atoms with Crippen molar-refractivity contribution in [3.63, 3.8) is 0 Å². The lowest BCUT2D eigenvalue weighted by molar-refractivity contribution is 0.0600. The number of hydrogen-bond acceptors (Lipinski definition) is 3. The highest BCUT2D eigenvalue weighted by Gasteiger charge is 2.57. The Hall–Kier alpha value is -1.83. The maximum Gasteiger partial charge on any atom is 0.337 e. The minimum absolute atomic E-state index is 0.0239. The van der Waals surface area contributed by atoms with Gasteiger partial charge in [-0.2, -0.15) is 5.26 Å². The quantitative estimate of drug-likeness (QED) is 0.705. The van der Waals surface area contributed by atoms with Gasteiger partial charge in [0, 0.05) is 15.4 Å². The summed E-state index contributed by atoms with van der Waals surface area (Å²) in [5.74, 6) is -0.354. The number of methoxy groups -OCH3 is 1. The van der Waals surface area contributed by atoms with E-state index in [0.29, 0.717) is 17.0 Å². The van der Waals surface area contributed by atoms with E-state index >= 15 is 0 Å². The van der Waals surface area contributed by atoms with E-state index in [1.807, 2.05) is 24.3 Å². The van der Waals surface area contributed by atoms with Gasteiger partial charge in [-0.25, -0.2) is 4.79 Å². The fourth-order valence-electron chi connectivity index (χ4n) is 3.00. The maximum atomic E-state index is 11.7. The molecule has 1 saturated carbocycles. The summed E-state index contributed by atoms with van der Waals surface area (Å²) in [6.07, 6.45) is 0.690. The molecular formula is C18H13BrClNO2. The van der Waals surface area contributed by atoms with Crippen molar-refractivity contribution in [1.82, 2.24) is 0 Å². The number of nitrogens with zero attached hydrogens (tertiary/aromatic N) is 1. The minimum Gasteiger partial charge on any atom is -0.465 e. The monoisotopic (exact) mass is 389 g/mol. The van der Waals surface area contributed by atoms with Crippen LogP contribution < -0.4 is 0 Å². The SMILES string of the molecule is COC(=O)c1cccc(C2CC2(C#N)c2ccc(Br)cc2Cl)c1. The molecule has 0 aromatic heterocycles. The summed E-state index contributed by atoms with van der Waals surface area (Å²) in [5, 5.41) is 10.3. The summed E-state index contributed by atoms with van der Waals surface area (Å²) in [6, 6.07) is 15.2. The van der Waals surface area contributed by atoms with Crippen LogP contribution in [0.5, 0.6) is 0 Å². The molecule has 0 radical (unpaired) electrons. The lowest BCUT2D eigenvalue weighted by Crippen LogP contribution is -2.08. The van der Waals surface area contributed by atoms with Crippen LogP contribution in [0.15, 0.2) is 46.9 Å². The number of carbonyl (C=O) groups excluding carboxylic acids is 1. The molecule has 0 bridgehead atoms. The van der Waals surface area contributed by atoms with Crippen LogP contribution in [0.4, 0.5) is 0 Å². The van der Waals surface area contributed by atoms with Crippen molar-refractivity contribution < 1.29 is 9.53 Å². The van der Waals surface area contributed by atoms with Gasteiger partial charge in [0.2, 0.25) is 0 Å². The van der Waals surface area contributed by atoms with Gasteiger partial charge >= 0.3 is 5.97 Å². The fraction of sp³-hybridized carbons (Fsp3) is 0.222. The van der Waals surface area contributed by atoms with E-state index in [-0.39, 0.29) is 11.9 Å². The Morgan fingerprint density at radius 2 is 2.17 bits per heavy atom. The zero-order valence-corrected chi connectivity index (χ0v) is 14.7. The first-order valence-electron chi connectivity index (χ1n) is 7.07. The predicted molar refractivity (Wildman–Crippen MR) is 91.6 cm³/mol. The van der Waals surface area contributed by atoms with Crippen LogP contribution in [0.2, 0.25) is 5.02 Å². The molecule has 3 nitrogen and oxygen atoms in total. The number of halogens is 2. The van der Waals surface area contributed by atoms with E-state index < -0.39 is 5.41 Å². The largest absolute Gasteiger partial charge is 0.465 e. The van der Waals surface area contributed by atoms with Crippen LogP contribution in [-0.2, 0) is 10.2 Å². The Bertz CT molecular complexity index is 830. The zero-order valence-electron chi connectivity index (χ0n) is 12.3. The van der Waals surface area contributed by atoms with Crippen molar-refractivity contribution in [3.05, 3.63) is 68.7 Å². The molecule has 0 saturated heterocycles. The Morgan fingerprint density at radius 1 is 1.39 bits per heavy atom. The molecule has 0 heterocycles. The molecule has 2 aromatic rings. The Labute approximate surface area is 148 Å². The van der Waals surface area contributed by atoms with Crippen molar-refractivity contribution >= 4 is 33.5 Å². The van der Waals surface area contributed by atoms with Crippen LogP contribution in [0.1, 0.15) is 33.8 Å². The molecule has 1 fully saturated rings. The predicted octanol–water partition coefficient (Wildman–Crippen LogP) is 4.84. The molecule has 2 aromatic carbocycles. The highest BCUT2D eigenvalue weighted by molar-refractivity contribution is 9.10. The van der Waals surface area contributed by atoms with Crippen LogP contribution >= 0.6 is 27.5 Å². The number of esters is 1. The van der Waals surface area contributed by atoms with Crippen LogP contribution in [0.3, 0.4) is 0 Å². The van der Waals surface area contributed by atoms with E-state index in [2.05, 4.69) is 22.0 Å². The number of ether oxygens (including phenoxy) is 1. The normalized spacial score (nSPS) is 22.3. The molecule has 1 aliphatic carbocycles. The Kier molecular flexibility index (Phi) is 4.18. The van der Waals surface area contributed by atoms with Crippen molar-refractivity contribution in [1.29, 1.82) is 5.26 Å². The fourth-order valence-corrected chi connectivity index (χ4v) is 3.84. The first-order valence-corrected chi connectivity index (χ1v) is 8.24. The second-order valence-electron chi connectivity index (χ2n) is 5.58. The lowest BCUT2D eigenvalue weighted by Gasteiger charge is -2.12. The van der Waals surface area contributed by atoms with Crippen molar-refractivity contribution in [2.45, 2.75) is 17.8 Å². The van der Waals surface area contributed by atoms with Gasteiger partial charge in [-0.1, -0.05) is 45.7 Å². The maximum absolute atomic E-state index is 11.7. The molecule has 0 aliphatic heterocycles. The molecule has 2 unspecified atom stereocenters. The number of carbonyl (C=O) groups is 1. The van der Waals surface area contributed by atoms with Gasteiger partial charge in [0.1, 0.15) is 0 Å². The van der Waals surface area contributed by atoms with Gasteiger partial charge in [0.15, 0.2) is 0 Å². The van der Waals surface area contributed by atoms with Gasteiger partial charge in [-0.15, -0.1) is 0 Å². The average molecular weight is 391 g/mol. The first-order chi connectivity index (χ1) is 11.0. The lowest BCUT2D eigenvalue weighted by atomic mass is 9.91. The number of hydrogen-bond donors (Lipinski definition) is 0. The molecule has 0 N–H and O–H groups in total. The second-order valence-corrected chi connectivity index (χ2v) is 6.90. The van der Waals surface area contributed by atoms with Crippen molar-refractivity contribution in [2.75, 3.05) is 7.11 Å². The number of benzene rings is 2. The van der Waals surface area contributed by atoms with Crippen molar-refractivity contribution in [3.8, 4) is 6.07 Å². The van der Waals surface area contributed by atoms with Gasteiger partial charge < -0.3 is 4.74 Å². The number of rotatable bonds is 3. The van der Waals surface area contributed by atoms with Crippen LogP contribution in [0.25, 0.3) is 0 Å². The molecule has 5 heteroatoms. The minimum atomic E-state index is -0.632. The zero-order chi connectivity index (χ0) is 16.6. The summed E-state index contributed by atoms with van der Waals surface area (Å²) in [7, 11) is 1.35. The average Bonchev–Trinajstić information content (AvgIpc) is 3.30. The standard InChI is InChI=1S/C18H13BrClNO2/c1-23-17(22)12-4-2-3-11(7-12)15-9-18(15,10-21)14-6-5-13(19)8-16(14)20/h2-8,15H,9H2,1H3. The van der Waals surface area contributed by atoms with E-state index in [4.69, 9.17) is 16.3 Å². The third-order valence-electron chi connectivity index (χ3n) is 4.28. The smallest absolute Gasteiger partial charge is 0.337 e. The molecule has 1 aliphatic rings. The molecule has 3 rings (SSSR count). The van der Waals surface area contributed by atoms with E-state index in [1.54, 1.807) is 18.2 Å². The summed E-state index contributed by atoms with van der Waals surface area (Å²) in [4.78, 5) is 11.7. The summed E-state index contributed by atoms with van der Waals surface area (Å²) >= 11 is 9.71. The molecule has 23 heavy (non-hydrogen) atoms. The molecular weight excluding hydrogens is 378 g/mol. The Balaban J connectivity index is 1.98. The summed E-state index contributed by atoms with van der Waals surface area (Å²) < 4.78 is 5.64. The van der Waals surface area contributed by atoms with E-state index in [1.165, 1.54) is 7.11 Å². The second kappa shape index (κ2) is 5.99. The molecule has 2 atom stereocenters. The Morgan fingerprint density at radius 3 is 2.83 bits per heavy atom.